The topological polar surface area (TPSA) is 87.3 Å². The summed E-state index contributed by atoms with van der Waals surface area (Å²) in [6, 6.07) is 6.02. The monoisotopic (exact) mass is 321 g/mol. The number of carbonyl (C=O) groups is 3. The molecule has 6 nitrogen and oxygen atoms in total. The predicted molar refractivity (Wildman–Crippen MR) is 78.6 cm³/mol. The van der Waals surface area contributed by atoms with Gasteiger partial charge in [-0.15, -0.1) is 11.3 Å². The van der Waals surface area contributed by atoms with Crippen molar-refractivity contribution >= 4 is 39.1 Å². The largest absolute Gasteiger partial charge is 0.345 e. The Labute approximate surface area is 128 Å². The molecule has 0 saturated heterocycles. The Morgan fingerprint density at radius 3 is 2.59 bits per heavy atom. The van der Waals surface area contributed by atoms with Crippen LogP contribution in [0.1, 0.15) is 22.5 Å². The van der Waals surface area contributed by atoms with Gasteiger partial charge in [0.2, 0.25) is 0 Å². The molecule has 3 amide bonds. The molecule has 0 spiro atoms. The van der Waals surface area contributed by atoms with Crippen molar-refractivity contribution in [1.82, 2.24) is 16.2 Å². The lowest BCUT2D eigenvalue weighted by atomic mass is 10.2. The third-order valence-electron chi connectivity index (χ3n) is 3.14. The standard InChI is InChI=1S/C14H12FN3O3S/c15-9-2-1-3-10-8(9)6-11(22-10)12(19)17-18-14(21)13(20)16-7-4-5-7/h1-3,6-7H,4-5H2,(H,16,20)(H,17,19)(H,18,21). The van der Waals surface area contributed by atoms with Crippen LogP contribution in [0, 0.1) is 5.82 Å². The Kier molecular flexibility index (Phi) is 3.76. The number of amides is 3. The van der Waals surface area contributed by atoms with Gasteiger partial charge in [0.15, 0.2) is 0 Å². The van der Waals surface area contributed by atoms with Crippen molar-refractivity contribution in [3.8, 4) is 0 Å². The van der Waals surface area contributed by atoms with E-state index >= 15 is 0 Å². The van der Waals surface area contributed by atoms with Gasteiger partial charge in [-0.1, -0.05) is 6.07 Å². The van der Waals surface area contributed by atoms with E-state index in [0.29, 0.717) is 10.1 Å². The molecule has 1 saturated carbocycles. The van der Waals surface area contributed by atoms with Crippen molar-refractivity contribution in [3.63, 3.8) is 0 Å². The van der Waals surface area contributed by atoms with E-state index in [4.69, 9.17) is 0 Å². The average Bonchev–Trinajstić information content (AvgIpc) is 3.19. The van der Waals surface area contributed by atoms with E-state index in [0.717, 1.165) is 24.2 Å². The molecule has 114 valence electrons. The summed E-state index contributed by atoms with van der Waals surface area (Å²) in [4.78, 5) is 35.0. The summed E-state index contributed by atoms with van der Waals surface area (Å²) in [7, 11) is 0. The molecule has 1 heterocycles. The summed E-state index contributed by atoms with van der Waals surface area (Å²) in [5.74, 6) is -2.74. The number of rotatable bonds is 2. The minimum Gasteiger partial charge on any atom is -0.345 e. The summed E-state index contributed by atoms with van der Waals surface area (Å²) in [5.41, 5.74) is 4.18. The number of benzene rings is 1. The van der Waals surface area contributed by atoms with Crippen molar-refractivity contribution < 1.29 is 18.8 Å². The molecule has 1 aromatic carbocycles. The minimum absolute atomic E-state index is 0.0551. The SMILES string of the molecule is O=C(NNC(=O)c1cc2c(F)cccc2s1)C(=O)NC1CC1. The highest BCUT2D eigenvalue weighted by Gasteiger charge is 2.26. The van der Waals surface area contributed by atoms with Crippen LogP contribution >= 0.6 is 11.3 Å². The lowest BCUT2D eigenvalue weighted by Gasteiger charge is -2.06. The van der Waals surface area contributed by atoms with Gasteiger partial charge in [0.25, 0.3) is 5.91 Å². The molecule has 0 unspecified atom stereocenters. The van der Waals surface area contributed by atoms with Crippen LogP contribution in [-0.2, 0) is 9.59 Å². The second kappa shape index (κ2) is 5.72. The number of carbonyl (C=O) groups excluding carboxylic acids is 3. The van der Waals surface area contributed by atoms with Crippen molar-refractivity contribution in [2.45, 2.75) is 18.9 Å². The van der Waals surface area contributed by atoms with E-state index in [1.807, 2.05) is 5.43 Å². The maximum atomic E-state index is 13.6. The lowest BCUT2D eigenvalue weighted by Crippen LogP contribution is -2.48. The molecule has 0 radical (unpaired) electrons. The molecule has 1 aromatic heterocycles. The van der Waals surface area contributed by atoms with Crippen LogP contribution in [0.4, 0.5) is 4.39 Å². The highest BCUT2D eigenvalue weighted by atomic mass is 32.1. The van der Waals surface area contributed by atoms with Crippen LogP contribution in [0.3, 0.4) is 0 Å². The fraction of sp³-hybridized carbons (Fsp3) is 0.214. The molecule has 1 fully saturated rings. The van der Waals surface area contributed by atoms with Gasteiger partial charge in [-0.3, -0.25) is 25.2 Å². The Morgan fingerprint density at radius 2 is 1.91 bits per heavy atom. The van der Waals surface area contributed by atoms with Crippen LogP contribution in [0.25, 0.3) is 10.1 Å². The van der Waals surface area contributed by atoms with Gasteiger partial charge in [-0.2, -0.15) is 0 Å². The molecule has 3 rings (SSSR count). The zero-order valence-corrected chi connectivity index (χ0v) is 12.1. The normalized spacial score (nSPS) is 13.7. The third kappa shape index (κ3) is 3.06. The lowest BCUT2D eigenvalue weighted by molar-refractivity contribution is -0.139. The number of nitrogens with one attached hydrogen (secondary N) is 3. The van der Waals surface area contributed by atoms with Gasteiger partial charge in [-0.05, 0) is 31.0 Å². The van der Waals surface area contributed by atoms with Gasteiger partial charge in [0.1, 0.15) is 5.82 Å². The van der Waals surface area contributed by atoms with Crippen molar-refractivity contribution in [1.29, 1.82) is 0 Å². The Morgan fingerprint density at radius 1 is 1.14 bits per heavy atom. The first kappa shape index (κ1) is 14.5. The highest BCUT2D eigenvalue weighted by molar-refractivity contribution is 7.20. The summed E-state index contributed by atoms with van der Waals surface area (Å²) in [6.07, 6.45) is 1.72. The zero-order valence-electron chi connectivity index (χ0n) is 11.3. The number of thiophene rings is 1. The van der Waals surface area contributed by atoms with E-state index in [1.54, 1.807) is 12.1 Å². The maximum Gasteiger partial charge on any atom is 0.327 e. The summed E-state index contributed by atoms with van der Waals surface area (Å²) in [6.45, 7) is 0. The highest BCUT2D eigenvalue weighted by Crippen LogP contribution is 2.27. The second-order valence-corrected chi connectivity index (χ2v) is 6.00. The van der Waals surface area contributed by atoms with E-state index in [-0.39, 0.29) is 10.9 Å². The molecule has 0 aliphatic heterocycles. The molecule has 22 heavy (non-hydrogen) atoms. The number of fused-ring (bicyclic) bond motifs is 1. The maximum absolute atomic E-state index is 13.6. The fourth-order valence-electron chi connectivity index (χ4n) is 1.85. The molecule has 8 heteroatoms. The summed E-state index contributed by atoms with van der Waals surface area (Å²) >= 11 is 1.10. The predicted octanol–water partition coefficient (Wildman–Crippen LogP) is 1.08. The van der Waals surface area contributed by atoms with E-state index in [1.165, 1.54) is 12.1 Å². The Balaban J connectivity index is 1.61. The van der Waals surface area contributed by atoms with Crippen LogP contribution in [-0.4, -0.2) is 23.8 Å². The van der Waals surface area contributed by atoms with Crippen molar-refractivity contribution in [3.05, 3.63) is 35.0 Å². The average molecular weight is 321 g/mol. The van der Waals surface area contributed by atoms with Crippen molar-refractivity contribution in [2.24, 2.45) is 0 Å². The van der Waals surface area contributed by atoms with Crippen LogP contribution in [0.15, 0.2) is 24.3 Å². The first-order valence-corrected chi connectivity index (χ1v) is 7.45. The zero-order chi connectivity index (χ0) is 15.7. The van der Waals surface area contributed by atoms with Gasteiger partial charge in [0, 0.05) is 16.1 Å². The molecule has 3 N–H and O–H groups in total. The Hall–Kier alpha value is -2.48. The number of hydrogen-bond donors (Lipinski definition) is 3. The first-order valence-electron chi connectivity index (χ1n) is 6.64. The van der Waals surface area contributed by atoms with E-state index in [2.05, 4.69) is 10.7 Å². The molecule has 0 atom stereocenters. The van der Waals surface area contributed by atoms with Crippen LogP contribution in [0.2, 0.25) is 0 Å². The second-order valence-electron chi connectivity index (χ2n) is 4.92. The van der Waals surface area contributed by atoms with E-state index in [9.17, 15) is 18.8 Å². The molecule has 2 aromatic rings. The fourth-order valence-corrected chi connectivity index (χ4v) is 2.82. The first-order chi connectivity index (χ1) is 10.5. The molecular formula is C14H12FN3O3S. The molecule has 1 aliphatic carbocycles. The summed E-state index contributed by atoms with van der Waals surface area (Å²) < 4.78 is 14.2. The molecule has 0 bridgehead atoms. The summed E-state index contributed by atoms with van der Waals surface area (Å²) in [5, 5.41) is 2.84. The van der Waals surface area contributed by atoms with E-state index < -0.39 is 23.5 Å². The quantitative estimate of drug-likeness (QED) is 0.571. The van der Waals surface area contributed by atoms with Gasteiger partial charge >= 0.3 is 11.8 Å². The van der Waals surface area contributed by atoms with Gasteiger partial charge in [0.05, 0.1) is 4.88 Å². The molecule has 1 aliphatic rings. The Bertz CT molecular complexity index is 770. The minimum atomic E-state index is -0.937. The number of hydrogen-bond acceptors (Lipinski definition) is 4. The van der Waals surface area contributed by atoms with Gasteiger partial charge in [-0.25, -0.2) is 4.39 Å². The van der Waals surface area contributed by atoms with Crippen molar-refractivity contribution in [2.75, 3.05) is 0 Å². The third-order valence-corrected chi connectivity index (χ3v) is 4.24. The van der Waals surface area contributed by atoms with Crippen LogP contribution in [0.5, 0.6) is 0 Å². The number of halogens is 1. The van der Waals surface area contributed by atoms with Gasteiger partial charge < -0.3 is 5.32 Å². The molecular weight excluding hydrogens is 309 g/mol. The smallest absolute Gasteiger partial charge is 0.327 e. The number of hydrazine groups is 1. The van der Waals surface area contributed by atoms with Crippen LogP contribution < -0.4 is 16.2 Å².